The Labute approximate surface area is 143 Å². The molecule has 0 spiro atoms. The lowest BCUT2D eigenvalue weighted by Crippen LogP contribution is -2.44. The molecule has 0 radical (unpaired) electrons. The number of hydrogen-bond acceptors (Lipinski definition) is 4. The van der Waals surface area contributed by atoms with Crippen LogP contribution in [-0.2, 0) is 4.79 Å². The maximum Gasteiger partial charge on any atom is 0.223 e. The second-order valence-corrected chi connectivity index (χ2v) is 8.04. The minimum Gasteiger partial charge on any atom is -0.382 e. The number of amides is 1. The van der Waals surface area contributed by atoms with Gasteiger partial charge in [-0.1, -0.05) is 13.8 Å². The predicted molar refractivity (Wildman–Crippen MR) is 91.0 cm³/mol. The second-order valence-electron chi connectivity index (χ2n) is 7.29. The molecule has 0 bridgehead atoms. The molecular weight excluding hydrogens is 358 g/mol. The molecule has 2 aliphatic heterocycles. The monoisotopic (exact) mass is 377 g/mol. The van der Waals surface area contributed by atoms with Crippen molar-refractivity contribution in [1.29, 1.82) is 0 Å². The Hall–Kier alpha value is -1.63. The Morgan fingerprint density at radius 1 is 1.39 bits per heavy atom. The summed E-state index contributed by atoms with van der Waals surface area (Å²) in [6.07, 6.45) is 6.28. The van der Waals surface area contributed by atoms with E-state index in [0.717, 1.165) is 30.7 Å². The summed E-state index contributed by atoms with van der Waals surface area (Å²) in [4.78, 5) is 23.3. The van der Waals surface area contributed by atoms with E-state index in [1.165, 1.54) is 0 Å². The number of carbonyl (C=O) groups excluding carboxylic acids is 1. The molecule has 122 valence electrons. The number of rotatable bonds is 1. The van der Waals surface area contributed by atoms with E-state index in [2.05, 4.69) is 44.6 Å². The van der Waals surface area contributed by atoms with Gasteiger partial charge in [0.1, 0.15) is 15.9 Å². The van der Waals surface area contributed by atoms with Crippen molar-refractivity contribution in [3.8, 4) is 0 Å². The number of hydrogen-bond donors (Lipinski definition) is 1. The summed E-state index contributed by atoms with van der Waals surface area (Å²) in [5.41, 5.74) is 6.86. The van der Waals surface area contributed by atoms with Gasteiger partial charge in [0.25, 0.3) is 0 Å². The fourth-order valence-corrected chi connectivity index (χ4v) is 4.79. The van der Waals surface area contributed by atoms with Crippen LogP contribution in [-0.4, -0.2) is 37.8 Å². The standard InChI is InChI=1S/C16H20BrN5O/c1-16(2)7-11(23)22-8-9(3-4-10(16)22)15-20-13(17)12-14(18)19-5-6-21(12)15/h5-6,9-10H,3-4,7-8H2,1-2H3,(H2,18,19)/t9-,10+/m1/s1. The quantitative estimate of drug-likeness (QED) is 0.828. The summed E-state index contributed by atoms with van der Waals surface area (Å²) in [5, 5.41) is 0. The maximum atomic E-state index is 12.4. The van der Waals surface area contributed by atoms with Gasteiger partial charge in [-0.2, -0.15) is 0 Å². The molecule has 2 aliphatic rings. The van der Waals surface area contributed by atoms with Crippen LogP contribution < -0.4 is 5.73 Å². The third kappa shape index (κ3) is 2.16. The van der Waals surface area contributed by atoms with Gasteiger partial charge in [0.05, 0.1) is 0 Å². The highest BCUT2D eigenvalue weighted by molar-refractivity contribution is 9.10. The summed E-state index contributed by atoms with van der Waals surface area (Å²) in [6.45, 7) is 5.13. The van der Waals surface area contributed by atoms with Crippen molar-refractivity contribution in [3.05, 3.63) is 22.8 Å². The van der Waals surface area contributed by atoms with E-state index in [-0.39, 0.29) is 17.2 Å². The fraction of sp³-hybridized carbons (Fsp3) is 0.562. The van der Waals surface area contributed by atoms with Crippen LogP contribution in [0.3, 0.4) is 0 Å². The van der Waals surface area contributed by atoms with Gasteiger partial charge in [-0.05, 0) is 34.2 Å². The van der Waals surface area contributed by atoms with Crippen LogP contribution in [0.25, 0.3) is 5.52 Å². The fourth-order valence-electron chi connectivity index (χ4n) is 4.21. The molecule has 0 aliphatic carbocycles. The van der Waals surface area contributed by atoms with E-state index < -0.39 is 0 Å². The molecule has 2 N–H and O–H groups in total. The third-order valence-corrected chi connectivity index (χ3v) is 5.90. The Bertz CT molecular complexity index is 799. The highest BCUT2D eigenvalue weighted by Crippen LogP contribution is 2.45. The number of imidazole rings is 1. The molecule has 23 heavy (non-hydrogen) atoms. The van der Waals surface area contributed by atoms with Crippen LogP contribution in [0.5, 0.6) is 0 Å². The Morgan fingerprint density at radius 3 is 2.96 bits per heavy atom. The van der Waals surface area contributed by atoms with Gasteiger partial charge in [-0.3, -0.25) is 9.20 Å². The first-order chi connectivity index (χ1) is 10.9. The number of nitrogens with zero attached hydrogens (tertiary/aromatic N) is 4. The van der Waals surface area contributed by atoms with Crippen molar-refractivity contribution in [2.45, 2.75) is 45.1 Å². The first-order valence-electron chi connectivity index (χ1n) is 7.96. The molecular formula is C16H20BrN5O. The number of fused-ring (bicyclic) bond motifs is 2. The molecule has 4 rings (SSSR count). The molecule has 2 aromatic rings. The molecule has 0 aromatic carbocycles. The Morgan fingerprint density at radius 2 is 2.17 bits per heavy atom. The van der Waals surface area contributed by atoms with E-state index in [4.69, 9.17) is 5.73 Å². The molecule has 4 heterocycles. The molecule has 2 fully saturated rings. The SMILES string of the molecule is CC1(C)CC(=O)N2C[C@H](c3nc(Br)c4c(N)nccn34)CC[C@H]21. The number of anilines is 1. The van der Waals surface area contributed by atoms with E-state index >= 15 is 0 Å². The van der Waals surface area contributed by atoms with Crippen LogP contribution in [0.1, 0.15) is 44.9 Å². The lowest BCUT2D eigenvalue weighted by molar-refractivity contribution is -0.130. The highest BCUT2D eigenvalue weighted by atomic mass is 79.9. The minimum atomic E-state index is 0.0750. The number of carbonyl (C=O) groups is 1. The number of aromatic nitrogens is 3. The lowest BCUT2D eigenvalue weighted by atomic mass is 9.79. The van der Waals surface area contributed by atoms with Crippen molar-refractivity contribution in [1.82, 2.24) is 19.3 Å². The molecule has 2 atom stereocenters. The highest BCUT2D eigenvalue weighted by Gasteiger charge is 2.48. The summed E-state index contributed by atoms with van der Waals surface area (Å²) < 4.78 is 2.72. The van der Waals surface area contributed by atoms with Gasteiger partial charge >= 0.3 is 0 Å². The van der Waals surface area contributed by atoms with Gasteiger partial charge < -0.3 is 10.6 Å². The van der Waals surface area contributed by atoms with Crippen LogP contribution >= 0.6 is 15.9 Å². The number of nitrogen functional groups attached to an aromatic ring is 1. The molecule has 6 nitrogen and oxygen atoms in total. The first kappa shape index (κ1) is 14.9. The Balaban J connectivity index is 1.71. The van der Waals surface area contributed by atoms with Crippen molar-refractivity contribution < 1.29 is 4.79 Å². The van der Waals surface area contributed by atoms with E-state index in [1.807, 2.05) is 10.6 Å². The van der Waals surface area contributed by atoms with E-state index in [0.29, 0.717) is 22.9 Å². The predicted octanol–water partition coefficient (Wildman–Crippen LogP) is 2.58. The van der Waals surface area contributed by atoms with Gasteiger partial charge in [0, 0.05) is 37.3 Å². The zero-order chi connectivity index (χ0) is 16.4. The van der Waals surface area contributed by atoms with E-state index in [1.54, 1.807) is 6.20 Å². The zero-order valence-electron chi connectivity index (χ0n) is 13.3. The Kier molecular flexibility index (Phi) is 3.20. The van der Waals surface area contributed by atoms with Crippen LogP contribution in [0.2, 0.25) is 0 Å². The molecule has 0 saturated carbocycles. The minimum absolute atomic E-state index is 0.0750. The van der Waals surface area contributed by atoms with E-state index in [9.17, 15) is 4.79 Å². The largest absolute Gasteiger partial charge is 0.382 e. The average molecular weight is 378 g/mol. The van der Waals surface area contributed by atoms with Crippen molar-refractivity contribution >= 4 is 33.2 Å². The number of piperidine rings is 1. The maximum absolute atomic E-state index is 12.4. The van der Waals surface area contributed by atoms with Crippen molar-refractivity contribution in [2.75, 3.05) is 12.3 Å². The summed E-state index contributed by atoms with van der Waals surface area (Å²) in [7, 11) is 0. The van der Waals surface area contributed by atoms with Crippen molar-refractivity contribution in [2.24, 2.45) is 5.41 Å². The zero-order valence-corrected chi connectivity index (χ0v) is 14.9. The number of nitrogens with two attached hydrogens (primary N) is 1. The van der Waals surface area contributed by atoms with Crippen LogP contribution in [0.4, 0.5) is 5.82 Å². The van der Waals surface area contributed by atoms with Gasteiger partial charge in [0.2, 0.25) is 5.91 Å². The molecule has 2 aromatic heterocycles. The molecule has 1 amide bonds. The van der Waals surface area contributed by atoms with Crippen molar-refractivity contribution in [3.63, 3.8) is 0 Å². The molecule has 7 heteroatoms. The number of halogens is 1. The molecule has 2 saturated heterocycles. The van der Waals surface area contributed by atoms with Crippen LogP contribution in [0.15, 0.2) is 17.0 Å². The van der Waals surface area contributed by atoms with Gasteiger partial charge in [-0.15, -0.1) is 0 Å². The average Bonchev–Trinajstić information content (AvgIpc) is 2.95. The second kappa shape index (κ2) is 4.93. The summed E-state index contributed by atoms with van der Waals surface area (Å²) in [6, 6.07) is 0.354. The summed E-state index contributed by atoms with van der Waals surface area (Å²) >= 11 is 3.49. The van der Waals surface area contributed by atoms with Gasteiger partial charge in [-0.25, -0.2) is 9.97 Å². The van der Waals surface area contributed by atoms with Crippen LogP contribution in [0, 0.1) is 5.41 Å². The lowest BCUT2D eigenvalue weighted by Gasteiger charge is -2.39. The molecule has 0 unspecified atom stereocenters. The van der Waals surface area contributed by atoms with Gasteiger partial charge in [0.15, 0.2) is 5.82 Å². The normalized spacial score (nSPS) is 26.7. The third-order valence-electron chi connectivity index (χ3n) is 5.34. The topological polar surface area (TPSA) is 76.5 Å². The first-order valence-corrected chi connectivity index (χ1v) is 8.75. The smallest absolute Gasteiger partial charge is 0.223 e. The summed E-state index contributed by atoms with van der Waals surface area (Å²) in [5.74, 6) is 1.91.